The molecule has 4 aromatic heterocycles. The molecule has 1 N–H and O–H groups in total. The number of methoxy groups -OCH3 is 1. The van der Waals surface area contributed by atoms with Crippen molar-refractivity contribution in [3.8, 4) is 22.8 Å². The second-order valence-corrected chi connectivity index (χ2v) is 13.4. The summed E-state index contributed by atoms with van der Waals surface area (Å²) in [5.74, 6) is 1.27. The standard InChI is InChI=1S/C34H41F3N8O/c1-44(20-33(21-46-2)11-5-3-6-12-33)27-16-25(23-15-24(22-9-10-22)30(40-17-23)34(35,36)37)41-32-29(27)42-31(43-32)26-18-39-28(19-38-26)45-13-7-4-8-14-45/h15-19,22H,3-14,20-21H2,1-2H3,(H,41,42,43). The van der Waals surface area contributed by atoms with Gasteiger partial charge in [-0.3, -0.25) is 4.98 Å². The number of rotatable bonds is 9. The molecule has 2 saturated carbocycles. The van der Waals surface area contributed by atoms with Crippen molar-refractivity contribution in [3.63, 3.8) is 0 Å². The second kappa shape index (κ2) is 12.4. The first-order valence-corrected chi connectivity index (χ1v) is 16.5. The smallest absolute Gasteiger partial charge is 0.384 e. The van der Waals surface area contributed by atoms with E-state index < -0.39 is 11.9 Å². The molecule has 5 heterocycles. The van der Waals surface area contributed by atoms with E-state index in [-0.39, 0.29) is 16.9 Å². The van der Waals surface area contributed by atoms with Crippen LogP contribution >= 0.6 is 0 Å². The van der Waals surface area contributed by atoms with Crippen LogP contribution in [0.15, 0.2) is 30.7 Å². The molecule has 0 unspecified atom stereocenters. The maximum Gasteiger partial charge on any atom is 0.433 e. The molecule has 0 atom stereocenters. The summed E-state index contributed by atoms with van der Waals surface area (Å²) in [5.41, 5.74) is 3.21. The summed E-state index contributed by atoms with van der Waals surface area (Å²) in [4.78, 5) is 31.0. The molecule has 12 heteroatoms. The lowest BCUT2D eigenvalue weighted by molar-refractivity contribution is -0.141. The largest absolute Gasteiger partial charge is 0.433 e. The van der Waals surface area contributed by atoms with Crippen LogP contribution in [0, 0.1) is 5.41 Å². The number of H-pyrrole nitrogens is 1. The number of pyridine rings is 2. The number of anilines is 2. The van der Waals surface area contributed by atoms with E-state index in [9.17, 15) is 13.2 Å². The minimum Gasteiger partial charge on any atom is -0.384 e. The summed E-state index contributed by atoms with van der Waals surface area (Å²) in [7, 11) is 3.81. The van der Waals surface area contributed by atoms with Crippen LogP contribution in [0.25, 0.3) is 33.9 Å². The molecular formula is C34H41F3N8O. The molecule has 1 saturated heterocycles. The molecule has 7 rings (SSSR count). The number of alkyl halides is 3. The number of hydrogen-bond acceptors (Lipinski definition) is 8. The van der Waals surface area contributed by atoms with E-state index in [0.717, 1.165) is 88.0 Å². The Labute approximate surface area is 267 Å². The van der Waals surface area contributed by atoms with Crippen molar-refractivity contribution in [2.24, 2.45) is 5.41 Å². The highest BCUT2D eigenvalue weighted by Gasteiger charge is 2.40. The molecule has 1 aliphatic heterocycles. The van der Waals surface area contributed by atoms with E-state index in [2.05, 4.69) is 26.8 Å². The Morgan fingerprint density at radius 3 is 2.37 bits per heavy atom. The topological polar surface area (TPSA) is 95.9 Å². The molecular weight excluding hydrogens is 593 g/mol. The fourth-order valence-electron chi connectivity index (χ4n) is 7.38. The normalized spacial score (nSPS) is 18.7. The molecule has 244 valence electrons. The summed E-state index contributed by atoms with van der Waals surface area (Å²) in [6.07, 6.45) is 11.0. The van der Waals surface area contributed by atoms with E-state index in [1.807, 2.05) is 6.07 Å². The minimum absolute atomic E-state index is 0.00513. The van der Waals surface area contributed by atoms with E-state index in [1.54, 1.807) is 25.6 Å². The summed E-state index contributed by atoms with van der Waals surface area (Å²) >= 11 is 0. The van der Waals surface area contributed by atoms with E-state index >= 15 is 0 Å². The van der Waals surface area contributed by atoms with Gasteiger partial charge in [0.05, 0.1) is 30.4 Å². The first-order chi connectivity index (χ1) is 22.2. The highest BCUT2D eigenvalue weighted by molar-refractivity contribution is 5.91. The van der Waals surface area contributed by atoms with Crippen LogP contribution in [0.3, 0.4) is 0 Å². The average molecular weight is 635 g/mol. The highest BCUT2D eigenvalue weighted by Crippen LogP contribution is 2.46. The molecule has 0 amide bonds. The molecule has 46 heavy (non-hydrogen) atoms. The van der Waals surface area contributed by atoms with Gasteiger partial charge in [-0.05, 0) is 68.6 Å². The van der Waals surface area contributed by atoms with E-state index in [4.69, 9.17) is 24.7 Å². The highest BCUT2D eigenvalue weighted by atomic mass is 19.4. The first kappa shape index (κ1) is 30.8. The third-order valence-electron chi connectivity index (χ3n) is 9.85. The number of nitrogens with one attached hydrogen (secondary N) is 1. The Kier molecular flexibility index (Phi) is 8.33. The van der Waals surface area contributed by atoms with Crippen LogP contribution in [-0.4, -0.2) is 70.3 Å². The van der Waals surface area contributed by atoms with Crippen molar-refractivity contribution >= 4 is 22.7 Å². The lowest BCUT2D eigenvalue weighted by Crippen LogP contribution is -2.40. The maximum atomic E-state index is 13.8. The van der Waals surface area contributed by atoms with Gasteiger partial charge in [-0.25, -0.2) is 19.9 Å². The third kappa shape index (κ3) is 6.28. The van der Waals surface area contributed by atoms with Crippen molar-refractivity contribution in [3.05, 3.63) is 42.0 Å². The van der Waals surface area contributed by atoms with Gasteiger partial charge in [0.25, 0.3) is 0 Å². The van der Waals surface area contributed by atoms with Crippen molar-refractivity contribution in [2.75, 3.05) is 50.2 Å². The minimum atomic E-state index is -4.50. The van der Waals surface area contributed by atoms with Crippen molar-refractivity contribution in [1.82, 2.24) is 29.9 Å². The fourth-order valence-corrected chi connectivity index (χ4v) is 7.38. The second-order valence-electron chi connectivity index (χ2n) is 13.4. The molecule has 0 radical (unpaired) electrons. The van der Waals surface area contributed by atoms with Crippen LogP contribution in [0.5, 0.6) is 0 Å². The van der Waals surface area contributed by atoms with Crippen LogP contribution in [0.2, 0.25) is 0 Å². The van der Waals surface area contributed by atoms with Gasteiger partial charge in [-0.2, -0.15) is 13.2 Å². The number of ether oxygens (including phenoxy) is 1. The van der Waals surface area contributed by atoms with E-state index in [1.165, 1.54) is 19.0 Å². The molecule has 0 spiro atoms. The Balaban J connectivity index is 1.29. The van der Waals surface area contributed by atoms with Crippen molar-refractivity contribution in [2.45, 2.75) is 76.3 Å². The third-order valence-corrected chi connectivity index (χ3v) is 9.85. The molecule has 0 aromatic carbocycles. The number of piperidine rings is 1. The number of fused-ring (bicyclic) bond motifs is 1. The monoisotopic (exact) mass is 634 g/mol. The van der Waals surface area contributed by atoms with Gasteiger partial charge in [0, 0.05) is 51.0 Å². The van der Waals surface area contributed by atoms with Crippen LogP contribution < -0.4 is 9.80 Å². The number of hydrogen-bond donors (Lipinski definition) is 1. The number of imidazole rings is 1. The Hall–Kier alpha value is -3.80. The van der Waals surface area contributed by atoms with Crippen LogP contribution in [0.4, 0.5) is 24.7 Å². The predicted molar refractivity (Wildman–Crippen MR) is 172 cm³/mol. The quantitative estimate of drug-likeness (QED) is 0.204. The Bertz CT molecular complexity index is 1670. The fraction of sp³-hybridized carbons (Fsp3) is 0.559. The molecule has 3 aliphatic rings. The van der Waals surface area contributed by atoms with Gasteiger partial charge in [-0.1, -0.05) is 19.3 Å². The summed E-state index contributed by atoms with van der Waals surface area (Å²) < 4.78 is 47.2. The van der Waals surface area contributed by atoms with Gasteiger partial charge in [0.15, 0.2) is 11.5 Å². The lowest BCUT2D eigenvalue weighted by atomic mass is 9.74. The molecule has 4 aromatic rings. The number of aromatic nitrogens is 6. The zero-order chi connectivity index (χ0) is 31.9. The van der Waals surface area contributed by atoms with Gasteiger partial charge in [0.2, 0.25) is 0 Å². The Morgan fingerprint density at radius 2 is 1.70 bits per heavy atom. The predicted octanol–water partition coefficient (Wildman–Crippen LogP) is 7.40. The van der Waals surface area contributed by atoms with E-state index in [0.29, 0.717) is 35.0 Å². The van der Waals surface area contributed by atoms with Crippen LogP contribution in [-0.2, 0) is 10.9 Å². The zero-order valence-electron chi connectivity index (χ0n) is 26.5. The summed E-state index contributed by atoms with van der Waals surface area (Å²) in [6, 6.07) is 3.57. The van der Waals surface area contributed by atoms with Gasteiger partial charge in [0.1, 0.15) is 22.7 Å². The van der Waals surface area contributed by atoms with Crippen molar-refractivity contribution in [1.29, 1.82) is 0 Å². The molecule has 2 aliphatic carbocycles. The maximum absolute atomic E-state index is 13.8. The van der Waals surface area contributed by atoms with Gasteiger partial charge < -0.3 is 19.5 Å². The lowest BCUT2D eigenvalue weighted by Gasteiger charge is -2.40. The average Bonchev–Trinajstić information content (AvgIpc) is 3.82. The van der Waals surface area contributed by atoms with Gasteiger partial charge in [-0.15, -0.1) is 0 Å². The molecule has 9 nitrogen and oxygen atoms in total. The summed E-state index contributed by atoms with van der Waals surface area (Å²) in [6.45, 7) is 3.38. The van der Waals surface area contributed by atoms with Gasteiger partial charge >= 0.3 is 6.18 Å². The molecule has 3 fully saturated rings. The SMILES string of the molecule is COCC1(CN(C)c2cc(-c3cnc(C(F)(F)F)c(C4CC4)c3)nc3nc(-c4cnc(N5CCCCC5)cn4)[nH]c23)CCCCC1. The number of halogens is 3. The first-order valence-electron chi connectivity index (χ1n) is 16.5. The molecule has 0 bridgehead atoms. The number of nitrogens with zero attached hydrogens (tertiary/aromatic N) is 7. The summed E-state index contributed by atoms with van der Waals surface area (Å²) in [5, 5.41) is 0. The Morgan fingerprint density at radius 1 is 0.935 bits per heavy atom. The number of aromatic amines is 1. The van der Waals surface area contributed by atoms with Crippen molar-refractivity contribution < 1.29 is 17.9 Å². The van der Waals surface area contributed by atoms with Crippen LogP contribution in [0.1, 0.15) is 81.4 Å². The zero-order valence-corrected chi connectivity index (χ0v) is 26.5.